The highest BCUT2D eigenvalue weighted by atomic mass is 19.2. The quantitative estimate of drug-likeness (QED) is 0.256. The van der Waals surface area contributed by atoms with Crippen molar-refractivity contribution in [2.45, 2.75) is 0 Å². The first kappa shape index (κ1) is 20.9. The first-order valence-corrected chi connectivity index (χ1v) is 8.00. The standard InChI is InChI=1S/C20H8F6O4/c21-11-5-7-13(17(25)15(11)23)29-19(27)9-1-2-10(4-3-9)20(28)30-14-8-6-12(22)16(24)18(14)26/h1-8H. The van der Waals surface area contributed by atoms with Gasteiger partial charge < -0.3 is 9.47 Å². The van der Waals surface area contributed by atoms with E-state index in [1.165, 1.54) is 0 Å². The Kier molecular flexibility index (Phi) is 5.77. The van der Waals surface area contributed by atoms with Crippen LogP contribution in [-0.4, -0.2) is 11.9 Å². The minimum Gasteiger partial charge on any atom is -0.420 e. The van der Waals surface area contributed by atoms with Crippen LogP contribution in [-0.2, 0) is 0 Å². The fourth-order valence-electron chi connectivity index (χ4n) is 2.23. The van der Waals surface area contributed by atoms with Crippen molar-refractivity contribution < 1.29 is 45.4 Å². The second-order valence-corrected chi connectivity index (χ2v) is 5.70. The fraction of sp³-hybridized carbons (Fsp3) is 0. The van der Waals surface area contributed by atoms with E-state index in [1.54, 1.807) is 0 Å². The first-order chi connectivity index (χ1) is 14.2. The van der Waals surface area contributed by atoms with Crippen LogP contribution < -0.4 is 9.47 Å². The SMILES string of the molecule is O=C(Oc1ccc(F)c(F)c1F)c1ccc(C(=O)Oc2ccc(F)c(F)c2F)cc1. The summed E-state index contributed by atoms with van der Waals surface area (Å²) in [6.07, 6.45) is 0. The molecule has 0 saturated carbocycles. The van der Waals surface area contributed by atoms with E-state index in [2.05, 4.69) is 9.47 Å². The summed E-state index contributed by atoms with van der Waals surface area (Å²) in [4.78, 5) is 24.0. The molecule has 0 aliphatic heterocycles. The number of benzene rings is 3. The van der Waals surface area contributed by atoms with Crippen molar-refractivity contribution in [3.8, 4) is 11.5 Å². The molecule has 3 aromatic carbocycles. The van der Waals surface area contributed by atoms with Crippen LogP contribution in [0.5, 0.6) is 11.5 Å². The van der Waals surface area contributed by atoms with Gasteiger partial charge in [-0.1, -0.05) is 0 Å². The number of carbonyl (C=O) groups is 2. The van der Waals surface area contributed by atoms with E-state index in [-0.39, 0.29) is 11.1 Å². The molecule has 3 aromatic rings. The molecule has 0 fully saturated rings. The Morgan fingerprint density at radius 3 is 1.17 bits per heavy atom. The lowest BCUT2D eigenvalue weighted by Gasteiger charge is -2.08. The average molecular weight is 426 g/mol. The van der Waals surface area contributed by atoms with E-state index >= 15 is 0 Å². The van der Waals surface area contributed by atoms with Crippen LogP contribution in [0.2, 0.25) is 0 Å². The molecule has 0 aliphatic carbocycles. The van der Waals surface area contributed by atoms with Gasteiger partial charge >= 0.3 is 11.9 Å². The maximum atomic E-state index is 13.6. The van der Waals surface area contributed by atoms with Gasteiger partial charge in [0.2, 0.25) is 11.6 Å². The maximum Gasteiger partial charge on any atom is 0.343 e. The third kappa shape index (κ3) is 4.12. The summed E-state index contributed by atoms with van der Waals surface area (Å²) in [5.41, 5.74) is -0.399. The number of hydrogen-bond acceptors (Lipinski definition) is 4. The van der Waals surface area contributed by atoms with Gasteiger partial charge in [-0.3, -0.25) is 0 Å². The molecule has 0 aliphatic rings. The number of halogens is 6. The van der Waals surface area contributed by atoms with Gasteiger partial charge in [0.1, 0.15) is 0 Å². The van der Waals surface area contributed by atoms with E-state index < -0.39 is 58.3 Å². The Balaban J connectivity index is 1.73. The zero-order valence-electron chi connectivity index (χ0n) is 14.5. The third-order valence-corrected chi connectivity index (χ3v) is 3.76. The minimum absolute atomic E-state index is 0.199. The second-order valence-electron chi connectivity index (χ2n) is 5.70. The van der Waals surface area contributed by atoms with Gasteiger partial charge in [0.15, 0.2) is 34.8 Å². The van der Waals surface area contributed by atoms with Gasteiger partial charge in [0.25, 0.3) is 0 Å². The topological polar surface area (TPSA) is 52.6 Å². The predicted molar refractivity (Wildman–Crippen MR) is 89.0 cm³/mol. The number of rotatable bonds is 4. The van der Waals surface area contributed by atoms with Gasteiger partial charge in [-0.05, 0) is 48.5 Å². The zero-order valence-corrected chi connectivity index (χ0v) is 14.5. The molecular weight excluding hydrogens is 418 g/mol. The normalized spacial score (nSPS) is 10.6. The summed E-state index contributed by atoms with van der Waals surface area (Å²) in [5, 5.41) is 0. The van der Waals surface area contributed by atoms with E-state index in [4.69, 9.17) is 0 Å². The van der Waals surface area contributed by atoms with E-state index in [0.717, 1.165) is 24.3 Å². The van der Waals surface area contributed by atoms with Crippen LogP contribution in [0.3, 0.4) is 0 Å². The molecule has 154 valence electrons. The predicted octanol–water partition coefficient (Wildman–Crippen LogP) is 4.96. The Morgan fingerprint density at radius 2 is 0.833 bits per heavy atom. The summed E-state index contributed by atoms with van der Waals surface area (Å²) in [6, 6.07) is 6.78. The highest BCUT2D eigenvalue weighted by Crippen LogP contribution is 2.24. The summed E-state index contributed by atoms with van der Waals surface area (Å²) < 4.78 is 88.6. The Bertz CT molecular complexity index is 1050. The fourth-order valence-corrected chi connectivity index (χ4v) is 2.23. The molecule has 0 N–H and O–H groups in total. The van der Waals surface area contributed by atoms with E-state index in [0.29, 0.717) is 24.3 Å². The van der Waals surface area contributed by atoms with Crippen LogP contribution in [0.4, 0.5) is 26.3 Å². The average Bonchev–Trinajstić information content (AvgIpc) is 2.74. The van der Waals surface area contributed by atoms with Crippen molar-refractivity contribution >= 4 is 11.9 Å². The molecule has 4 nitrogen and oxygen atoms in total. The molecule has 10 heteroatoms. The smallest absolute Gasteiger partial charge is 0.343 e. The molecule has 0 amide bonds. The zero-order chi connectivity index (χ0) is 22.0. The monoisotopic (exact) mass is 426 g/mol. The molecule has 0 bridgehead atoms. The van der Waals surface area contributed by atoms with Gasteiger partial charge in [0.05, 0.1) is 11.1 Å². The molecule has 30 heavy (non-hydrogen) atoms. The lowest BCUT2D eigenvalue weighted by Crippen LogP contribution is -2.13. The van der Waals surface area contributed by atoms with Crippen molar-refractivity contribution in [2.24, 2.45) is 0 Å². The summed E-state index contributed by atoms with van der Waals surface area (Å²) in [5.74, 6) is -14.0. The van der Waals surface area contributed by atoms with E-state index in [1.807, 2.05) is 0 Å². The Labute approximate surface area is 164 Å². The lowest BCUT2D eigenvalue weighted by molar-refractivity contribution is 0.0712. The molecule has 0 saturated heterocycles. The van der Waals surface area contributed by atoms with E-state index in [9.17, 15) is 35.9 Å². The summed E-state index contributed by atoms with van der Waals surface area (Å²) in [6.45, 7) is 0. The number of ether oxygens (including phenoxy) is 2. The van der Waals surface area contributed by atoms with Crippen molar-refractivity contribution in [3.05, 3.63) is 94.6 Å². The summed E-state index contributed by atoms with van der Waals surface area (Å²) >= 11 is 0. The van der Waals surface area contributed by atoms with Crippen molar-refractivity contribution in [3.63, 3.8) is 0 Å². The highest BCUT2D eigenvalue weighted by Gasteiger charge is 2.20. The molecule has 0 spiro atoms. The Hall–Kier alpha value is -3.82. The molecule has 3 rings (SSSR count). The number of hydrogen-bond donors (Lipinski definition) is 0. The summed E-state index contributed by atoms with van der Waals surface area (Å²) in [7, 11) is 0. The molecule has 0 radical (unpaired) electrons. The van der Waals surface area contributed by atoms with Crippen molar-refractivity contribution in [1.29, 1.82) is 0 Å². The molecule has 0 heterocycles. The van der Waals surface area contributed by atoms with Crippen molar-refractivity contribution in [1.82, 2.24) is 0 Å². The number of carbonyl (C=O) groups excluding carboxylic acids is 2. The molecular formula is C20H8F6O4. The van der Waals surface area contributed by atoms with Crippen LogP contribution in [0.25, 0.3) is 0 Å². The highest BCUT2D eigenvalue weighted by molar-refractivity contribution is 5.94. The van der Waals surface area contributed by atoms with Crippen molar-refractivity contribution in [2.75, 3.05) is 0 Å². The number of esters is 2. The molecule has 0 aromatic heterocycles. The van der Waals surface area contributed by atoms with Crippen LogP contribution in [0.15, 0.2) is 48.5 Å². The van der Waals surface area contributed by atoms with Gasteiger partial charge in [-0.15, -0.1) is 0 Å². The maximum absolute atomic E-state index is 13.6. The third-order valence-electron chi connectivity index (χ3n) is 3.76. The van der Waals surface area contributed by atoms with Gasteiger partial charge in [-0.2, -0.15) is 8.78 Å². The lowest BCUT2D eigenvalue weighted by atomic mass is 10.1. The minimum atomic E-state index is -1.82. The van der Waals surface area contributed by atoms with Crippen LogP contribution >= 0.6 is 0 Å². The van der Waals surface area contributed by atoms with Crippen LogP contribution in [0, 0.1) is 34.9 Å². The van der Waals surface area contributed by atoms with Gasteiger partial charge in [-0.25, -0.2) is 27.2 Å². The largest absolute Gasteiger partial charge is 0.420 e. The molecule has 0 unspecified atom stereocenters. The second kappa shape index (κ2) is 8.27. The van der Waals surface area contributed by atoms with Gasteiger partial charge in [0, 0.05) is 0 Å². The van der Waals surface area contributed by atoms with Crippen LogP contribution in [0.1, 0.15) is 20.7 Å². The first-order valence-electron chi connectivity index (χ1n) is 8.00. The Morgan fingerprint density at radius 1 is 0.500 bits per heavy atom. The molecule has 0 atom stereocenters.